The van der Waals surface area contributed by atoms with Gasteiger partial charge in [-0.3, -0.25) is 0 Å². The number of nitrogens with one attached hydrogen (secondary N) is 1. The van der Waals surface area contributed by atoms with Crippen LogP contribution in [0.2, 0.25) is 0 Å². The van der Waals surface area contributed by atoms with E-state index in [1.54, 1.807) is 6.07 Å². The number of hydrogen-bond acceptors (Lipinski definition) is 4. The summed E-state index contributed by atoms with van der Waals surface area (Å²) in [5.74, 6) is -1.12. The molecule has 1 aromatic rings. The average Bonchev–Trinajstić information content (AvgIpc) is 3.39. The first kappa shape index (κ1) is 17.4. The summed E-state index contributed by atoms with van der Waals surface area (Å²) in [6.07, 6.45) is 4.67. The lowest BCUT2D eigenvalue weighted by atomic mass is 10.1. The first-order valence-corrected chi connectivity index (χ1v) is 10.0. The van der Waals surface area contributed by atoms with E-state index >= 15 is 0 Å². The molecular weight excluding hydrogens is 328 g/mol. The summed E-state index contributed by atoms with van der Waals surface area (Å²) in [5, 5.41) is 9.13. The number of likely N-dealkylation sites (tertiary alicyclic amines) is 1. The molecule has 0 amide bonds. The minimum Gasteiger partial charge on any atom is -0.478 e. The van der Waals surface area contributed by atoms with Crippen molar-refractivity contribution in [2.75, 3.05) is 13.1 Å². The molecule has 1 heterocycles. The Balaban J connectivity index is 1.75. The van der Waals surface area contributed by atoms with E-state index in [1.165, 1.54) is 25.0 Å². The van der Waals surface area contributed by atoms with Crippen LogP contribution in [0.5, 0.6) is 0 Å². The van der Waals surface area contributed by atoms with E-state index < -0.39 is 16.0 Å². The Hall–Kier alpha value is -1.44. The van der Waals surface area contributed by atoms with E-state index in [1.807, 2.05) is 6.92 Å². The van der Waals surface area contributed by atoms with Crippen molar-refractivity contribution in [2.45, 2.75) is 56.0 Å². The van der Waals surface area contributed by atoms with Gasteiger partial charge in [0.1, 0.15) is 0 Å². The topological polar surface area (TPSA) is 86.7 Å². The van der Waals surface area contributed by atoms with Gasteiger partial charge >= 0.3 is 5.97 Å². The highest BCUT2D eigenvalue weighted by Gasteiger charge is 2.33. The van der Waals surface area contributed by atoms with Crippen LogP contribution >= 0.6 is 0 Å². The maximum atomic E-state index is 12.8. The highest BCUT2D eigenvalue weighted by atomic mass is 32.2. The smallest absolute Gasteiger partial charge is 0.335 e. The predicted octanol–water partition coefficient (Wildman–Crippen LogP) is 1.85. The number of carboxylic acids is 1. The van der Waals surface area contributed by atoms with Gasteiger partial charge in [0.15, 0.2) is 0 Å². The van der Waals surface area contributed by atoms with Crippen LogP contribution in [0.15, 0.2) is 23.1 Å². The second kappa shape index (κ2) is 6.82. The maximum Gasteiger partial charge on any atom is 0.335 e. The van der Waals surface area contributed by atoms with Crippen LogP contribution in [0, 0.1) is 0 Å². The first-order chi connectivity index (χ1) is 11.4. The fourth-order valence-electron chi connectivity index (χ4n) is 3.33. The number of rotatable bonds is 6. The lowest BCUT2D eigenvalue weighted by Crippen LogP contribution is -2.45. The van der Waals surface area contributed by atoms with Crippen molar-refractivity contribution in [3.8, 4) is 0 Å². The Morgan fingerprint density at radius 1 is 1.25 bits per heavy atom. The Morgan fingerprint density at radius 3 is 2.46 bits per heavy atom. The molecule has 0 bridgehead atoms. The number of nitrogens with zero attached hydrogens (tertiary/aromatic N) is 1. The van der Waals surface area contributed by atoms with Crippen molar-refractivity contribution in [3.05, 3.63) is 29.3 Å². The standard InChI is InChI=1S/C17H24N2O4S/c1-2-12-3-4-13(17(20)21)11-16(12)24(22,23)18-14-7-9-19(10-8-14)15-5-6-15/h3-4,11,14-15,18H,2,5-10H2,1H3,(H,20,21). The lowest BCUT2D eigenvalue weighted by molar-refractivity contribution is 0.0696. The summed E-state index contributed by atoms with van der Waals surface area (Å²) in [4.78, 5) is 13.7. The fraction of sp³-hybridized carbons (Fsp3) is 0.588. The number of benzene rings is 1. The molecule has 132 valence electrons. The minimum absolute atomic E-state index is 0.00359. The highest BCUT2D eigenvalue weighted by molar-refractivity contribution is 7.89. The number of aromatic carboxylic acids is 1. The van der Waals surface area contributed by atoms with E-state index in [9.17, 15) is 13.2 Å². The summed E-state index contributed by atoms with van der Waals surface area (Å²) in [7, 11) is -3.71. The molecule has 2 aliphatic rings. The van der Waals surface area contributed by atoms with Gasteiger partial charge in [0.25, 0.3) is 0 Å². The van der Waals surface area contributed by atoms with E-state index in [4.69, 9.17) is 5.11 Å². The molecule has 2 fully saturated rings. The molecule has 24 heavy (non-hydrogen) atoms. The zero-order valence-electron chi connectivity index (χ0n) is 13.9. The first-order valence-electron chi connectivity index (χ1n) is 8.53. The minimum atomic E-state index is -3.71. The van der Waals surface area contributed by atoms with Crippen LogP contribution in [0.25, 0.3) is 0 Å². The molecule has 0 radical (unpaired) electrons. The van der Waals surface area contributed by atoms with Crippen LogP contribution in [0.1, 0.15) is 48.5 Å². The molecule has 1 aromatic carbocycles. The van der Waals surface area contributed by atoms with Crippen LogP contribution in [-0.4, -0.2) is 49.6 Å². The van der Waals surface area contributed by atoms with Gasteiger partial charge in [-0.05, 0) is 62.9 Å². The molecular formula is C17H24N2O4S. The van der Waals surface area contributed by atoms with Crippen LogP contribution in [0.4, 0.5) is 0 Å². The fourth-order valence-corrected chi connectivity index (χ4v) is 4.98. The monoisotopic (exact) mass is 352 g/mol. The second-order valence-electron chi connectivity index (χ2n) is 6.64. The van der Waals surface area contributed by atoms with E-state index in [-0.39, 0.29) is 16.5 Å². The predicted molar refractivity (Wildman–Crippen MR) is 90.7 cm³/mol. The van der Waals surface area contributed by atoms with Crippen molar-refractivity contribution >= 4 is 16.0 Å². The van der Waals surface area contributed by atoms with Crippen LogP contribution < -0.4 is 4.72 Å². The van der Waals surface area contributed by atoms with Gasteiger partial charge in [-0.25, -0.2) is 17.9 Å². The van der Waals surface area contributed by atoms with Gasteiger partial charge in [0, 0.05) is 12.1 Å². The molecule has 1 aliphatic carbocycles. The number of piperidine rings is 1. The second-order valence-corrected chi connectivity index (χ2v) is 8.33. The van der Waals surface area contributed by atoms with Gasteiger partial charge in [0.05, 0.1) is 10.5 Å². The molecule has 0 unspecified atom stereocenters. The molecule has 1 saturated carbocycles. The zero-order valence-corrected chi connectivity index (χ0v) is 14.7. The Bertz CT molecular complexity index is 720. The highest BCUT2D eigenvalue weighted by Crippen LogP contribution is 2.29. The Labute approximate surface area is 142 Å². The Kier molecular flexibility index (Phi) is 4.94. The molecule has 2 N–H and O–H groups in total. The number of carbonyl (C=O) groups is 1. The van der Waals surface area contributed by atoms with Crippen molar-refractivity contribution in [2.24, 2.45) is 0 Å². The van der Waals surface area contributed by atoms with Crippen molar-refractivity contribution in [1.82, 2.24) is 9.62 Å². The largest absolute Gasteiger partial charge is 0.478 e. The van der Waals surface area contributed by atoms with Gasteiger partial charge in [-0.1, -0.05) is 13.0 Å². The summed E-state index contributed by atoms with van der Waals surface area (Å²) in [6.45, 7) is 3.71. The van der Waals surface area contributed by atoms with Gasteiger partial charge in [-0.15, -0.1) is 0 Å². The SMILES string of the molecule is CCc1ccc(C(=O)O)cc1S(=O)(=O)NC1CCN(C2CC2)CC1. The van der Waals surface area contributed by atoms with E-state index in [0.29, 0.717) is 18.0 Å². The van der Waals surface area contributed by atoms with Gasteiger partial charge in [0.2, 0.25) is 10.0 Å². The number of carboxylic acid groups (broad SMARTS) is 1. The van der Waals surface area contributed by atoms with Crippen LogP contribution in [-0.2, 0) is 16.4 Å². The molecule has 0 atom stereocenters. The average molecular weight is 352 g/mol. The zero-order chi connectivity index (χ0) is 17.3. The van der Waals surface area contributed by atoms with E-state index in [0.717, 1.165) is 25.9 Å². The Morgan fingerprint density at radius 2 is 1.92 bits per heavy atom. The number of hydrogen-bond donors (Lipinski definition) is 2. The van der Waals surface area contributed by atoms with Crippen molar-refractivity contribution in [1.29, 1.82) is 0 Å². The summed E-state index contributed by atoms with van der Waals surface area (Å²) in [5.41, 5.74) is 0.638. The van der Waals surface area contributed by atoms with Gasteiger partial charge < -0.3 is 10.0 Å². The van der Waals surface area contributed by atoms with Gasteiger partial charge in [-0.2, -0.15) is 0 Å². The summed E-state index contributed by atoms with van der Waals surface area (Å²) >= 11 is 0. The van der Waals surface area contributed by atoms with Crippen LogP contribution in [0.3, 0.4) is 0 Å². The molecule has 6 nitrogen and oxygen atoms in total. The lowest BCUT2D eigenvalue weighted by Gasteiger charge is -2.32. The number of aryl methyl sites for hydroxylation is 1. The third-order valence-corrected chi connectivity index (χ3v) is 6.50. The quantitative estimate of drug-likeness (QED) is 0.816. The molecule has 3 rings (SSSR count). The molecule has 0 aromatic heterocycles. The number of sulfonamides is 1. The van der Waals surface area contributed by atoms with E-state index in [2.05, 4.69) is 9.62 Å². The normalized spacial score (nSPS) is 20.2. The van der Waals surface area contributed by atoms with Crippen molar-refractivity contribution < 1.29 is 18.3 Å². The third kappa shape index (κ3) is 3.79. The third-order valence-electron chi connectivity index (χ3n) is 4.90. The summed E-state index contributed by atoms with van der Waals surface area (Å²) < 4.78 is 28.3. The molecule has 1 saturated heterocycles. The molecule has 1 aliphatic heterocycles. The summed E-state index contributed by atoms with van der Waals surface area (Å²) in [6, 6.07) is 4.94. The molecule has 7 heteroatoms. The van der Waals surface area contributed by atoms with Crippen molar-refractivity contribution in [3.63, 3.8) is 0 Å². The maximum absolute atomic E-state index is 12.8. The molecule has 0 spiro atoms.